The van der Waals surface area contributed by atoms with E-state index in [0.29, 0.717) is 30.2 Å². The number of piperidine rings is 1. The summed E-state index contributed by atoms with van der Waals surface area (Å²) in [4.78, 5) is 24.1. The molecule has 2 saturated heterocycles. The molecule has 9 heteroatoms. The minimum atomic E-state index is -0.0539. The normalized spacial score (nSPS) is 21.3. The molecule has 1 atom stereocenters. The van der Waals surface area contributed by atoms with Crippen LogP contribution in [0.2, 0.25) is 0 Å². The summed E-state index contributed by atoms with van der Waals surface area (Å²) < 4.78 is 7.84. The second kappa shape index (κ2) is 7.95. The Labute approximate surface area is 188 Å². The minimum absolute atomic E-state index is 0.0539. The van der Waals surface area contributed by atoms with Crippen molar-refractivity contribution in [3.8, 4) is 0 Å². The van der Waals surface area contributed by atoms with Gasteiger partial charge in [0, 0.05) is 38.4 Å². The highest BCUT2D eigenvalue weighted by molar-refractivity contribution is 5.84. The first-order valence-electron chi connectivity index (χ1n) is 11.4. The van der Waals surface area contributed by atoms with E-state index in [0.717, 1.165) is 60.8 Å². The average Bonchev–Trinajstić information content (AvgIpc) is 3.21. The van der Waals surface area contributed by atoms with Crippen molar-refractivity contribution in [3.05, 3.63) is 29.3 Å². The van der Waals surface area contributed by atoms with E-state index in [1.807, 2.05) is 33.3 Å². The number of hydrogen-bond acceptors (Lipinski definition) is 8. The molecule has 5 heterocycles. The van der Waals surface area contributed by atoms with Crippen molar-refractivity contribution in [2.75, 3.05) is 42.6 Å². The monoisotopic (exact) mass is 436 g/mol. The zero-order valence-electron chi connectivity index (χ0n) is 19.7. The van der Waals surface area contributed by atoms with Crippen molar-refractivity contribution in [1.29, 1.82) is 0 Å². The number of fused-ring (bicyclic) bond motifs is 1. The lowest BCUT2D eigenvalue weighted by molar-refractivity contribution is 0.0392. The van der Waals surface area contributed by atoms with E-state index in [4.69, 9.17) is 24.7 Å². The number of hydrogen-bond donors (Lipinski definition) is 0. The molecule has 0 aliphatic carbocycles. The summed E-state index contributed by atoms with van der Waals surface area (Å²) >= 11 is 0. The summed E-state index contributed by atoms with van der Waals surface area (Å²) in [6.07, 6.45) is 6.09. The minimum Gasteiger partial charge on any atom is -0.370 e. The van der Waals surface area contributed by atoms with Crippen molar-refractivity contribution < 1.29 is 4.74 Å². The fraction of sp³-hybridized carbons (Fsp3) is 0.609. The van der Waals surface area contributed by atoms with Gasteiger partial charge in [-0.25, -0.2) is 9.97 Å². The maximum Gasteiger partial charge on any atom is 0.229 e. The first-order valence-corrected chi connectivity index (χ1v) is 11.4. The van der Waals surface area contributed by atoms with Crippen LogP contribution in [0.5, 0.6) is 0 Å². The Morgan fingerprint density at radius 3 is 2.44 bits per heavy atom. The predicted molar refractivity (Wildman–Crippen MR) is 124 cm³/mol. The average molecular weight is 437 g/mol. The third-order valence-corrected chi connectivity index (χ3v) is 6.77. The fourth-order valence-electron chi connectivity index (χ4n) is 4.41. The van der Waals surface area contributed by atoms with Gasteiger partial charge in [-0.05, 0) is 32.1 Å². The molecule has 170 valence electrons. The van der Waals surface area contributed by atoms with Gasteiger partial charge in [-0.15, -0.1) is 0 Å². The van der Waals surface area contributed by atoms with E-state index in [9.17, 15) is 0 Å². The Hall–Kier alpha value is -2.81. The zero-order valence-corrected chi connectivity index (χ0v) is 19.7. The Morgan fingerprint density at radius 2 is 1.72 bits per heavy atom. The lowest BCUT2D eigenvalue weighted by atomic mass is 9.83. The molecule has 0 radical (unpaired) electrons. The van der Waals surface area contributed by atoms with Gasteiger partial charge in [0.05, 0.1) is 30.7 Å². The summed E-state index contributed by atoms with van der Waals surface area (Å²) in [6, 6.07) is 0. The zero-order chi connectivity index (χ0) is 22.5. The molecule has 3 aromatic heterocycles. The van der Waals surface area contributed by atoms with Gasteiger partial charge in [-0.2, -0.15) is 15.1 Å². The standard InChI is InChI=1S/C23H32N8O/c1-15-16(2)26-20-19(25-15)21(30-8-6-23(3,4)7-9-30)28-22(27-20)31-10-11-32-18(14-31)17-12-24-29(5)13-17/h12-13,18H,6-11,14H2,1-5H3/t18-/m1/s1. The van der Waals surface area contributed by atoms with Crippen LogP contribution < -0.4 is 9.80 Å². The van der Waals surface area contributed by atoms with Crippen molar-refractivity contribution in [1.82, 2.24) is 29.7 Å². The number of rotatable bonds is 3. The quantitative estimate of drug-likeness (QED) is 0.620. The van der Waals surface area contributed by atoms with Crippen LogP contribution >= 0.6 is 0 Å². The molecule has 2 fully saturated rings. The topological polar surface area (TPSA) is 85.1 Å². The van der Waals surface area contributed by atoms with Crippen molar-refractivity contribution in [3.63, 3.8) is 0 Å². The first-order chi connectivity index (χ1) is 15.3. The molecule has 9 nitrogen and oxygen atoms in total. The highest BCUT2D eigenvalue weighted by Gasteiger charge is 2.30. The van der Waals surface area contributed by atoms with Crippen LogP contribution in [0.4, 0.5) is 11.8 Å². The first kappa shape index (κ1) is 21.1. The van der Waals surface area contributed by atoms with Gasteiger partial charge < -0.3 is 14.5 Å². The Kier molecular flexibility index (Phi) is 5.23. The van der Waals surface area contributed by atoms with Crippen molar-refractivity contribution >= 4 is 22.9 Å². The summed E-state index contributed by atoms with van der Waals surface area (Å²) in [7, 11) is 1.92. The number of nitrogens with zero attached hydrogens (tertiary/aromatic N) is 8. The Morgan fingerprint density at radius 1 is 0.969 bits per heavy atom. The van der Waals surface area contributed by atoms with Crippen LogP contribution in [0, 0.1) is 19.3 Å². The second-order valence-electron chi connectivity index (χ2n) is 9.82. The molecule has 0 aromatic carbocycles. The lowest BCUT2D eigenvalue weighted by Crippen LogP contribution is -2.41. The predicted octanol–water partition coefficient (Wildman–Crippen LogP) is 2.97. The Balaban J connectivity index is 1.52. The number of aryl methyl sites for hydroxylation is 3. The van der Waals surface area contributed by atoms with Gasteiger partial charge in [0.15, 0.2) is 17.0 Å². The van der Waals surface area contributed by atoms with E-state index in [1.165, 1.54) is 0 Å². The van der Waals surface area contributed by atoms with Gasteiger partial charge >= 0.3 is 0 Å². The maximum absolute atomic E-state index is 6.03. The molecular formula is C23H32N8O. The molecule has 0 N–H and O–H groups in total. The van der Waals surface area contributed by atoms with Gasteiger partial charge in [0.1, 0.15) is 6.10 Å². The number of morpholine rings is 1. The van der Waals surface area contributed by atoms with Crippen molar-refractivity contribution in [2.24, 2.45) is 12.5 Å². The van der Waals surface area contributed by atoms with Gasteiger partial charge in [0.25, 0.3) is 0 Å². The van der Waals surface area contributed by atoms with Crippen LogP contribution in [0.25, 0.3) is 11.2 Å². The van der Waals surface area contributed by atoms with E-state index in [-0.39, 0.29) is 6.10 Å². The maximum atomic E-state index is 6.03. The SMILES string of the molecule is Cc1nc2nc(N3CCO[C@@H](c4cnn(C)c4)C3)nc(N3CCC(C)(C)CC3)c2nc1C. The molecule has 2 aliphatic rings. The van der Waals surface area contributed by atoms with Crippen LogP contribution in [-0.4, -0.2) is 62.5 Å². The highest BCUT2D eigenvalue weighted by atomic mass is 16.5. The molecule has 32 heavy (non-hydrogen) atoms. The highest BCUT2D eigenvalue weighted by Crippen LogP contribution is 2.34. The summed E-state index contributed by atoms with van der Waals surface area (Å²) in [6.45, 7) is 12.6. The smallest absolute Gasteiger partial charge is 0.229 e. The molecule has 0 saturated carbocycles. The summed E-state index contributed by atoms with van der Waals surface area (Å²) in [5.74, 6) is 1.60. The number of aromatic nitrogens is 6. The largest absolute Gasteiger partial charge is 0.370 e. The second-order valence-corrected chi connectivity index (χ2v) is 9.82. The molecule has 0 spiro atoms. The van der Waals surface area contributed by atoms with Gasteiger partial charge in [0.2, 0.25) is 5.95 Å². The molecule has 5 rings (SSSR count). The van der Waals surface area contributed by atoms with Crippen LogP contribution in [-0.2, 0) is 11.8 Å². The lowest BCUT2D eigenvalue weighted by Gasteiger charge is -2.38. The van der Waals surface area contributed by atoms with Gasteiger partial charge in [-0.3, -0.25) is 4.68 Å². The number of anilines is 2. The van der Waals surface area contributed by atoms with E-state index < -0.39 is 0 Å². The molecule has 2 aliphatic heterocycles. The van der Waals surface area contributed by atoms with Gasteiger partial charge in [-0.1, -0.05) is 13.8 Å². The van der Waals surface area contributed by atoms with Crippen LogP contribution in [0.3, 0.4) is 0 Å². The Bertz CT molecular complexity index is 1130. The van der Waals surface area contributed by atoms with Crippen molar-refractivity contribution in [2.45, 2.75) is 46.6 Å². The summed E-state index contributed by atoms with van der Waals surface area (Å²) in [5, 5.41) is 4.30. The fourth-order valence-corrected chi connectivity index (χ4v) is 4.41. The third-order valence-electron chi connectivity index (χ3n) is 6.77. The van der Waals surface area contributed by atoms with Crippen LogP contribution in [0.15, 0.2) is 12.4 Å². The molecular weight excluding hydrogens is 404 g/mol. The third kappa shape index (κ3) is 4.01. The molecule has 0 unspecified atom stereocenters. The van der Waals surface area contributed by atoms with E-state index in [2.05, 4.69) is 28.7 Å². The molecule has 0 amide bonds. The molecule has 3 aromatic rings. The summed E-state index contributed by atoms with van der Waals surface area (Å²) in [5.41, 5.74) is 4.74. The molecule has 0 bridgehead atoms. The van der Waals surface area contributed by atoms with E-state index >= 15 is 0 Å². The van der Waals surface area contributed by atoms with Crippen LogP contribution in [0.1, 0.15) is 49.7 Å². The number of ether oxygens (including phenoxy) is 1. The van der Waals surface area contributed by atoms with E-state index in [1.54, 1.807) is 4.68 Å².